The van der Waals surface area contributed by atoms with Crippen LogP contribution in [0, 0.1) is 11.7 Å². The van der Waals surface area contributed by atoms with Crippen LogP contribution >= 0.6 is 0 Å². The van der Waals surface area contributed by atoms with Gasteiger partial charge in [0, 0.05) is 6.04 Å². The minimum Gasteiger partial charge on any atom is -0.297 e. The maximum absolute atomic E-state index is 13.2. The smallest absolute Gasteiger partial charge is 0.297 e. The number of halogens is 4. The number of hydrogen-bond donors (Lipinski definition) is 0. The quantitative estimate of drug-likeness (QED) is 0.446. The van der Waals surface area contributed by atoms with E-state index in [1.54, 1.807) is 12.1 Å². The number of hydrogen-bond acceptors (Lipinski definition) is 1. The SMILES string of the molecule is CC(C)=CC(CC(C)(C)c1ccc(F)cc1)N1CCC(C(F)(F)F)CC1. The van der Waals surface area contributed by atoms with Crippen molar-refractivity contribution in [2.45, 2.75) is 64.6 Å². The van der Waals surface area contributed by atoms with E-state index in [-0.39, 0.29) is 30.1 Å². The van der Waals surface area contributed by atoms with Gasteiger partial charge in [-0.2, -0.15) is 13.2 Å². The molecule has 1 aromatic rings. The van der Waals surface area contributed by atoms with Crippen LogP contribution in [0.25, 0.3) is 0 Å². The van der Waals surface area contributed by atoms with E-state index in [9.17, 15) is 17.6 Å². The summed E-state index contributed by atoms with van der Waals surface area (Å²) in [5.41, 5.74) is 1.99. The van der Waals surface area contributed by atoms with Crippen LogP contribution in [0.2, 0.25) is 0 Å². The Morgan fingerprint density at radius 1 is 1.12 bits per heavy atom. The van der Waals surface area contributed by atoms with Crippen LogP contribution in [-0.4, -0.2) is 30.2 Å². The summed E-state index contributed by atoms with van der Waals surface area (Å²) >= 11 is 0. The molecule has 1 atom stereocenters. The molecule has 0 spiro atoms. The highest BCUT2D eigenvalue weighted by atomic mass is 19.4. The van der Waals surface area contributed by atoms with Gasteiger partial charge in [-0.25, -0.2) is 4.39 Å². The molecule has 0 saturated carbocycles. The van der Waals surface area contributed by atoms with Crippen molar-refractivity contribution < 1.29 is 17.6 Å². The van der Waals surface area contributed by atoms with Gasteiger partial charge in [0.05, 0.1) is 5.92 Å². The van der Waals surface area contributed by atoms with E-state index >= 15 is 0 Å². The van der Waals surface area contributed by atoms with Gasteiger partial charge in [-0.05, 0) is 69.3 Å². The van der Waals surface area contributed by atoms with Crippen molar-refractivity contribution >= 4 is 0 Å². The van der Waals surface area contributed by atoms with Crippen molar-refractivity contribution in [3.05, 3.63) is 47.3 Å². The number of likely N-dealkylation sites (tertiary alicyclic amines) is 1. The molecule has 0 aliphatic carbocycles. The molecule has 146 valence electrons. The van der Waals surface area contributed by atoms with Crippen LogP contribution in [-0.2, 0) is 5.41 Å². The molecule has 1 fully saturated rings. The lowest BCUT2D eigenvalue weighted by Crippen LogP contribution is -2.45. The summed E-state index contributed by atoms with van der Waals surface area (Å²) < 4.78 is 52.1. The van der Waals surface area contributed by atoms with Gasteiger partial charge < -0.3 is 0 Å². The molecule has 0 radical (unpaired) electrons. The average Bonchev–Trinajstić information content (AvgIpc) is 2.53. The molecular weight excluding hydrogens is 342 g/mol. The first-order valence-electron chi connectivity index (χ1n) is 9.21. The fraction of sp³-hybridized carbons (Fsp3) is 0.619. The molecule has 0 aromatic heterocycles. The van der Waals surface area contributed by atoms with E-state index in [4.69, 9.17) is 0 Å². The molecule has 1 nitrogen and oxygen atoms in total. The molecule has 2 rings (SSSR count). The zero-order valence-corrected chi connectivity index (χ0v) is 16.0. The van der Waals surface area contributed by atoms with E-state index in [1.165, 1.54) is 12.1 Å². The Hall–Kier alpha value is -1.36. The fourth-order valence-electron chi connectivity index (χ4n) is 3.78. The number of allylic oxidation sites excluding steroid dienone is 1. The van der Waals surface area contributed by atoms with Gasteiger partial charge in [0.15, 0.2) is 0 Å². The molecule has 1 aliphatic rings. The van der Waals surface area contributed by atoms with Gasteiger partial charge in [0.25, 0.3) is 0 Å². The highest BCUT2D eigenvalue weighted by molar-refractivity contribution is 5.25. The Morgan fingerprint density at radius 2 is 1.65 bits per heavy atom. The second kappa shape index (κ2) is 8.12. The average molecular weight is 371 g/mol. The zero-order valence-electron chi connectivity index (χ0n) is 16.0. The van der Waals surface area contributed by atoms with Crippen LogP contribution in [0.15, 0.2) is 35.9 Å². The molecule has 5 heteroatoms. The van der Waals surface area contributed by atoms with Gasteiger partial charge in [0.2, 0.25) is 0 Å². The lowest BCUT2D eigenvalue weighted by atomic mass is 9.78. The topological polar surface area (TPSA) is 3.24 Å². The van der Waals surface area contributed by atoms with E-state index in [1.807, 2.05) is 13.8 Å². The third kappa shape index (κ3) is 5.57. The summed E-state index contributed by atoms with van der Waals surface area (Å²) in [4.78, 5) is 2.17. The minimum absolute atomic E-state index is 0.0780. The van der Waals surface area contributed by atoms with Gasteiger partial charge in [-0.3, -0.25) is 4.90 Å². The minimum atomic E-state index is -4.09. The number of benzene rings is 1. The normalized spacial score (nSPS) is 18.6. The van der Waals surface area contributed by atoms with Crippen LogP contribution in [0.4, 0.5) is 17.6 Å². The molecule has 0 amide bonds. The molecule has 1 unspecified atom stereocenters. The number of nitrogens with zero attached hydrogens (tertiary/aromatic N) is 1. The summed E-state index contributed by atoms with van der Waals surface area (Å²) in [5.74, 6) is -1.45. The maximum atomic E-state index is 13.2. The van der Waals surface area contributed by atoms with Gasteiger partial charge in [0.1, 0.15) is 5.82 Å². The Bertz CT molecular complexity index is 604. The summed E-state index contributed by atoms with van der Waals surface area (Å²) in [6, 6.07) is 6.59. The first-order valence-corrected chi connectivity index (χ1v) is 9.21. The van der Waals surface area contributed by atoms with E-state index < -0.39 is 12.1 Å². The lowest BCUT2D eigenvalue weighted by Gasteiger charge is -2.40. The number of alkyl halides is 3. The Balaban J connectivity index is 2.13. The molecule has 0 N–H and O–H groups in total. The molecule has 1 aliphatic heterocycles. The van der Waals surface area contributed by atoms with E-state index in [0.29, 0.717) is 13.1 Å². The molecule has 0 bridgehead atoms. The van der Waals surface area contributed by atoms with Crippen molar-refractivity contribution in [1.82, 2.24) is 4.90 Å². The van der Waals surface area contributed by atoms with Crippen LogP contribution in [0.3, 0.4) is 0 Å². The standard InChI is InChI=1S/C21H29F4N/c1-15(2)13-19(26-11-9-17(10-12-26)21(23,24)25)14-20(3,4)16-5-7-18(22)8-6-16/h5-8,13,17,19H,9-12,14H2,1-4H3. The molecule has 26 heavy (non-hydrogen) atoms. The van der Waals surface area contributed by atoms with Crippen molar-refractivity contribution in [3.8, 4) is 0 Å². The van der Waals surface area contributed by atoms with Crippen LogP contribution < -0.4 is 0 Å². The fourth-order valence-corrected chi connectivity index (χ4v) is 3.78. The Morgan fingerprint density at radius 3 is 2.12 bits per heavy atom. The summed E-state index contributed by atoms with van der Waals surface area (Å²) in [7, 11) is 0. The Kier molecular flexibility index (Phi) is 6.54. The van der Waals surface area contributed by atoms with E-state index in [2.05, 4.69) is 24.8 Å². The lowest BCUT2D eigenvalue weighted by molar-refractivity contribution is -0.185. The highest BCUT2D eigenvalue weighted by Gasteiger charge is 2.42. The largest absolute Gasteiger partial charge is 0.391 e. The molecule has 1 aromatic carbocycles. The monoisotopic (exact) mass is 371 g/mol. The second-order valence-corrected chi connectivity index (χ2v) is 8.26. The summed E-state index contributed by atoms with van der Waals surface area (Å²) in [6.45, 7) is 9.15. The predicted molar refractivity (Wildman–Crippen MR) is 97.6 cm³/mol. The first-order chi connectivity index (χ1) is 12.0. The summed E-state index contributed by atoms with van der Waals surface area (Å²) in [5, 5.41) is 0. The maximum Gasteiger partial charge on any atom is 0.391 e. The third-order valence-corrected chi connectivity index (χ3v) is 5.33. The Labute approximate surface area is 154 Å². The van der Waals surface area contributed by atoms with Gasteiger partial charge >= 0.3 is 6.18 Å². The van der Waals surface area contributed by atoms with Crippen molar-refractivity contribution in [2.75, 3.05) is 13.1 Å². The van der Waals surface area contributed by atoms with E-state index in [0.717, 1.165) is 17.6 Å². The molecule has 1 saturated heterocycles. The van der Waals surface area contributed by atoms with Crippen molar-refractivity contribution in [3.63, 3.8) is 0 Å². The van der Waals surface area contributed by atoms with Gasteiger partial charge in [-0.15, -0.1) is 0 Å². The van der Waals surface area contributed by atoms with Crippen molar-refractivity contribution in [2.24, 2.45) is 5.92 Å². The van der Waals surface area contributed by atoms with Crippen LogP contribution in [0.5, 0.6) is 0 Å². The molecular formula is C21H29F4N. The second-order valence-electron chi connectivity index (χ2n) is 8.26. The third-order valence-electron chi connectivity index (χ3n) is 5.33. The van der Waals surface area contributed by atoms with Gasteiger partial charge in [-0.1, -0.05) is 37.6 Å². The highest BCUT2D eigenvalue weighted by Crippen LogP contribution is 2.37. The summed E-state index contributed by atoms with van der Waals surface area (Å²) in [6.07, 6.45) is -0.841. The zero-order chi connectivity index (χ0) is 19.5. The number of piperidine rings is 1. The number of rotatable bonds is 5. The van der Waals surface area contributed by atoms with Crippen LogP contribution in [0.1, 0.15) is 52.5 Å². The predicted octanol–water partition coefficient (Wildman–Crippen LogP) is 6.10. The van der Waals surface area contributed by atoms with Crippen molar-refractivity contribution in [1.29, 1.82) is 0 Å². The molecule has 1 heterocycles. The first kappa shape index (κ1) is 20.9.